The van der Waals surface area contributed by atoms with Gasteiger partial charge in [-0.05, 0) is 13.0 Å². The fourth-order valence-corrected chi connectivity index (χ4v) is 1.34. The molecule has 0 aromatic heterocycles. The van der Waals surface area contributed by atoms with Crippen LogP contribution in [0, 0.1) is 0 Å². The molecule has 0 fully saturated rings. The van der Waals surface area contributed by atoms with Crippen molar-refractivity contribution in [1.82, 2.24) is 5.32 Å². The fraction of sp³-hybridized carbons (Fsp3) is 0.889. The van der Waals surface area contributed by atoms with Crippen molar-refractivity contribution in [2.24, 2.45) is 0 Å². The molecule has 0 saturated carbocycles. The summed E-state index contributed by atoms with van der Waals surface area (Å²) in [6.45, 7) is 3.37. The van der Waals surface area contributed by atoms with E-state index in [-0.39, 0.29) is 11.2 Å². The van der Waals surface area contributed by atoms with Gasteiger partial charge >= 0.3 is 5.97 Å². The number of rotatable bonds is 7. The third-order valence-electron chi connectivity index (χ3n) is 2.03. The molecule has 0 aliphatic carbocycles. The molecule has 84 valence electrons. The average Bonchev–Trinajstić information content (AvgIpc) is 2.16. The molecular formula is C9H19NO3S. The Morgan fingerprint density at radius 1 is 1.50 bits per heavy atom. The maximum Gasteiger partial charge on any atom is 0.306 e. The maximum absolute atomic E-state index is 11.0. The van der Waals surface area contributed by atoms with Gasteiger partial charge < -0.3 is 10.1 Å². The van der Waals surface area contributed by atoms with Gasteiger partial charge in [0.1, 0.15) is 0 Å². The maximum atomic E-state index is 11.0. The van der Waals surface area contributed by atoms with Gasteiger partial charge in [0.2, 0.25) is 0 Å². The molecule has 0 rings (SSSR count). The summed E-state index contributed by atoms with van der Waals surface area (Å²) < 4.78 is 15.5. The van der Waals surface area contributed by atoms with Crippen molar-refractivity contribution in [3.8, 4) is 0 Å². The van der Waals surface area contributed by atoms with Gasteiger partial charge in [-0.25, -0.2) is 0 Å². The van der Waals surface area contributed by atoms with Gasteiger partial charge in [0, 0.05) is 28.9 Å². The summed E-state index contributed by atoms with van der Waals surface area (Å²) in [6.07, 6.45) is 2.96. The SMILES string of the molecule is COC(=O)CCNCCC(C)S(C)=O. The number of nitrogens with one attached hydrogen (secondary N) is 1. The number of methoxy groups -OCH3 is 1. The summed E-state index contributed by atoms with van der Waals surface area (Å²) in [4.78, 5) is 10.7. The summed E-state index contributed by atoms with van der Waals surface area (Å²) in [5, 5.41) is 3.31. The molecule has 1 N–H and O–H groups in total. The van der Waals surface area contributed by atoms with Crippen molar-refractivity contribution in [2.75, 3.05) is 26.5 Å². The van der Waals surface area contributed by atoms with Gasteiger partial charge in [-0.15, -0.1) is 0 Å². The number of hydrogen-bond donors (Lipinski definition) is 1. The molecule has 0 aromatic carbocycles. The van der Waals surface area contributed by atoms with Crippen molar-refractivity contribution in [3.63, 3.8) is 0 Å². The lowest BCUT2D eigenvalue weighted by Gasteiger charge is -2.08. The van der Waals surface area contributed by atoms with Crippen molar-refractivity contribution in [3.05, 3.63) is 0 Å². The van der Waals surface area contributed by atoms with Gasteiger partial charge in [-0.3, -0.25) is 9.00 Å². The van der Waals surface area contributed by atoms with Crippen molar-refractivity contribution < 1.29 is 13.7 Å². The molecular weight excluding hydrogens is 202 g/mol. The van der Waals surface area contributed by atoms with Crippen LogP contribution in [0.25, 0.3) is 0 Å². The summed E-state index contributed by atoms with van der Waals surface area (Å²) >= 11 is 0. The molecule has 0 aliphatic heterocycles. The van der Waals surface area contributed by atoms with E-state index < -0.39 is 10.8 Å². The highest BCUT2D eigenvalue weighted by Gasteiger charge is 2.05. The summed E-state index contributed by atoms with van der Waals surface area (Å²) in [5.74, 6) is -0.204. The first-order valence-corrected chi connectivity index (χ1v) is 6.29. The highest BCUT2D eigenvalue weighted by atomic mass is 32.2. The van der Waals surface area contributed by atoms with Crippen LogP contribution in [0.4, 0.5) is 0 Å². The number of carbonyl (C=O) groups excluding carboxylic acids is 1. The highest BCUT2D eigenvalue weighted by molar-refractivity contribution is 7.84. The van der Waals surface area contributed by atoms with Crippen molar-refractivity contribution >= 4 is 16.8 Å². The molecule has 5 heteroatoms. The quantitative estimate of drug-likeness (QED) is 0.496. The zero-order valence-electron chi connectivity index (χ0n) is 9.04. The third kappa shape index (κ3) is 7.03. The van der Waals surface area contributed by atoms with Gasteiger partial charge in [0.15, 0.2) is 0 Å². The van der Waals surface area contributed by atoms with Crippen LogP contribution in [0.3, 0.4) is 0 Å². The Morgan fingerprint density at radius 2 is 2.14 bits per heavy atom. The molecule has 2 unspecified atom stereocenters. The third-order valence-corrected chi connectivity index (χ3v) is 3.40. The minimum atomic E-state index is -0.758. The Morgan fingerprint density at radius 3 is 2.64 bits per heavy atom. The average molecular weight is 221 g/mol. The highest BCUT2D eigenvalue weighted by Crippen LogP contribution is 1.97. The van der Waals surface area contributed by atoms with E-state index in [0.29, 0.717) is 13.0 Å². The number of hydrogen-bond acceptors (Lipinski definition) is 4. The van der Waals surface area contributed by atoms with Crippen molar-refractivity contribution in [1.29, 1.82) is 0 Å². The standard InChI is InChI=1S/C9H19NO3S/c1-8(14(3)12)4-6-10-7-5-9(11)13-2/h8,10H,4-7H2,1-3H3. The van der Waals surface area contributed by atoms with Crippen LogP contribution < -0.4 is 5.32 Å². The monoisotopic (exact) mass is 221 g/mol. The van der Waals surface area contributed by atoms with Gasteiger partial charge in [0.25, 0.3) is 0 Å². The Kier molecular flexibility index (Phi) is 7.70. The normalized spacial score (nSPS) is 14.8. The molecule has 0 amide bonds. The number of carbonyl (C=O) groups is 1. The van der Waals surface area contributed by atoms with E-state index >= 15 is 0 Å². The number of ether oxygens (including phenoxy) is 1. The molecule has 4 nitrogen and oxygen atoms in total. The second kappa shape index (κ2) is 7.94. The van der Waals surface area contributed by atoms with Gasteiger partial charge in [0.05, 0.1) is 13.5 Å². The zero-order valence-corrected chi connectivity index (χ0v) is 9.86. The second-order valence-electron chi connectivity index (χ2n) is 3.17. The van der Waals surface area contributed by atoms with Crippen LogP contribution in [0.1, 0.15) is 19.8 Å². The Hall–Kier alpha value is -0.420. The molecule has 0 bridgehead atoms. The molecule has 0 spiro atoms. The fourth-order valence-electron chi connectivity index (χ4n) is 0.889. The van der Waals surface area contributed by atoms with Crippen molar-refractivity contribution in [2.45, 2.75) is 25.0 Å². The smallest absolute Gasteiger partial charge is 0.306 e. The van der Waals surface area contributed by atoms with E-state index in [9.17, 15) is 9.00 Å². The van der Waals surface area contributed by atoms with E-state index in [4.69, 9.17) is 0 Å². The first-order chi connectivity index (χ1) is 6.57. The zero-order chi connectivity index (χ0) is 11.0. The topological polar surface area (TPSA) is 55.4 Å². The summed E-state index contributed by atoms with van der Waals surface area (Å²) in [5.41, 5.74) is 0. The second-order valence-corrected chi connectivity index (χ2v) is 4.98. The first kappa shape index (κ1) is 13.6. The Labute approximate surface area is 87.9 Å². The van der Waals surface area contributed by atoms with Crippen LogP contribution in [0.15, 0.2) is 0 Å². The number of esters is 1. The molecule has 0 radical (unpaired) electrons. The van der Waals surface area contributed by atoms with E-state index in [1.807, 2.05) is 6.92 Å². The van der Waals surface area contributed by atoms with Crippen LogP contribution in [-0.4, -0.2) is 41.9 Å². The lowest BCUT2D eigenvalue weighted by Crippen LogP contribution is -2.23. The molecule has 0 saturated heterocycles. The summed E-state index contributed by atoms with van der Waals surface area (Å²) in [6, 6.07) is 0. The molecule has 2 atom stereocenters. The lowest BCUT2D eigenvalue weighted by molar-refractivity contribution is -0.140. The molecule has 0 aliphatic rings. The van der Waals surface area contributed by atoms with Crippen LogP contribution in [0.2, 0.25) is 0 Å². The largest absolute Gasteiger partial charge is 0.469 e. The van der Waals surface area contributed by atoms with Crippen LogP contribution in [0.5, 0.6) is 0 Å². The van der Waals surface area contributed by atoms with E-state index in [0.717, 1.165) is 13.0 Å². The predicted octanol–water partition coefficient (Wildman–Crippen LogP) is 0.296. The predicted molar refractivity (Wildman–Crippen MR) is 57.6 cm³/mol. The minimum absolute atomic E-state index is 0.204. The van der Waals surface area contributed by atoms with E-state index in [1.54, 1.807) is 6.26 Å². The molecule has 0 aromatic rings. The molecule has 0 heterocycles. The lowest BCUT2D eigenvalue weighted by atomic mass is 10.3. The summed E-state index contributed by atoms with van der Waals surface area (Å²) in [7, 11) is 0.622. The van der Waals surface area contributed by atoms with Gasteiger partial charge in [-0.1, -0.05) is 6.92 Å². The molecule has 14 heavy (non-hydrogen) atoms. The van der Waals surface area contributed by atoms with Crippen LogP contribution in [-0.2, 0) is 20.3 Å². The minimum Gasteiger partial charge on any atom is -0.469 e. The van der Waals surface area contributed by atoms with E-state index in [2.05, 4.69) is 10.1 Å². The first-order valence-electron chi connectivity index (χ1n) is 4.67. The Bertz CT molecular complexity index is 196. The van der Waals surface area contributed by atoms with Crippen LogP contribution >= 0.6 is 0 Å². The van der Waals surface area contributed by atoms with E-state index in [1.165, 1.54) is 7.11 Å². The Balaban J connectivity index is 3.30. The van der Waals surface area contributed by atoms with Gasteiger partial charge in [-0.2, -0.15) is 0 Å².